The number of hydrogen-bond acceptors (Lipinski definition) is 9. The number of aromatic nitrogens is 1. The van der Waals surface area contributed by atoms with Crippen molar-refractivity contribution >= 4 is 29.4 Å². The van der Waals surface area contributed by atoms with Crippen LogP contribution in [-0.2, 0) is 19.1 Å². The highest BCUT2D eigenvalue weighted by Gasteiger charge is 2.33. The van der Waals surface area contributed by atoms with Gasteiger partial charge in [-0.25, -0.2) is 9.78 Å². The molecule has 0 saturated heterocycles. The molecule has 3 atom stereocenters. The summed E-state index contributed by atoms with van der Waals surface area (Å²) in [6.07, 6.45) is 2.29. The van der Waals surface area contributed by atoms with Crippen molar-refractivity contribution in [2.24, 2.45) is 11.8 Å². The van der Waals surface area contributed by atoms with Gasteiger partial charge in [0, 0.05) is 24.2 Å². The number of nitrogens with zero attached hydrogens (tertiary/aromatic N) is 1. The molecule has 0 aliphatic heterocycles. The van der Waals surface area contributed by atoms with E-state index in [4.69, 9.17) is 35.3 Å². The number of amides is 1. The van der Waals surface area contributed by atoms with Crippen LogP contribution in [-0.4, -0.2) is 55.0 Å². The lowest BCUT2D eigenvalue weighted by molar-refractivity contribution is -0.157. The normalized spacial score (nSPS) is 13.2. The number of carbonyl (C=O) groups excluding carboxylic acids is 3. The summed E-state index contributed by atoms with van der Waals surface area (Å²) < 4.78 is 27.8. The number of ether oxygens (including phenoxy) is 5. The van der Waals surface area contributed by atoms with Crippen LogP contribution in [0.1, 0.15) is 71.3 Å². The molecule has 0 bridgehead atoms. The maximum Gasteiger partial charge on any atom is 0.329 e. The minimum atomic E-state index is -0.975. The molecule has 2 aromatic rings. The second kappa shape index (κ2) is 16.7. The predicted octanol–water partition coefficient (Wildman–Crippen LogP) is 5.60. The third-order valence-corrected chi connectivity index (χ3v) is 6.68. The summed E-state index contributed by atoms with van der Waals surface area (Å²) >= 11 is 6.02. The van der Waals surface area contributed by atoms with Crippen LogP contribution in [0, 0.1) is 11.8 Å². The first kappa shape index (κ1) is 33.7. The van der Waals surface area contributed by atoms with Gasteiger partial charge < -0.3 is 29.0 Å². The minimum Gasteiger partial charge on any atom is -0.493 e. The standard InChI is InChI=1S/C30H41ClN2O8/c1-8-21(9-2)27(41-23-12-10-22(31)11-13-23)19(5)40-30(36)24(16-18(3)4)33-29(35)26-28(39-17-38-20(6)34)25(37-7)14-15-32-26/h10-15,18-19,21,24,27H,8-9,16-17H2,1-7H3,(H,33,35)/t19-,24-,27+/m0/s1. The fourth-order valence-electron chi connectivity index (χ4n) is 4.31. The van der Waals surface area contributed by atoms with Gasteiger partial charge in [-0.15, -0.1) is 0 Å². The molecule has 11 heteroatoms. The zero-order valence-electron chi connectivity index (χ0n) is 24.8. The molecule has 1 aromatic carbocycles. The molecule has 0 spiro atoms. The second-order valence-electron chi connectivity index (χ2n) is 10.00. The number of benzene rings is 1. The van der Waals surface area contributed by atoms with E-state index in [1.54, 1.807) is 31.2 Å². The van der Waals surface area contributed by atoms with Crippen molar-refractivity contribution < 1.29 is 38.1 Å². The molecule has 0 unspecified atom stereocenters. The van der Waals surface area contributed by atoms with Crippen molar-refractivity contribution in [3.05, 3.63) is 47.2 Å². The molecule has 10 nitrogen and oxygen atoms in total. The van der Waals surface area contributed by atoms with Crippen LogP contribution in [0.2, 0.25) is 5.02 Å². The average molecular weight is 593 g/mol. The van der Waals surface area contributed by atoms with Crippen LogP contribution in [0.25, 0.3) is 0 Å². The summed E-state index contributed by atoms with van der Waals surface area (Å²) in [7, 11) is 1.40. The smallest absolute Gasteiger partial charge is 0.329 e. The van der Waals surface area contributed by atoms with Gasteiger partial charge in [0.05, 0.1) is 7.11 Å². The number of hydrogen-bond donors (Lipinski definition) is 1. The van der Waals surface area contributed by atoms with Crippen molar-refractivity contribution in [3.63, 3.8) is 0 Å². The number of nitrogens with one attached hydrogen (secondary N) is 1. The largest absolute Gasteiger partial charge is 0.493 e. The summed E-state index contributed by atoms with van der Waals surface area (Å²) in [6.45, 7) is 10.6. The molecular weight excluding hydrogens is 552 g/mol. The van der Waals surface area contributed by atoms with Crippen LogP contribution < -0.4 is 19.5 Å². The Bertz CT molecular complexity index is 1140. The summed E-state index contributed by atoms with van der Waals surface area (Å²) in [6, 6.07) is 7.55. The number of carbonyl (C=O) groups is 3. The SMILES string of the molecule is CCC(CC)[C@H](Oc1ccc(Cl)cc1)[C@H](C)OC(=O)[C@H](CC(C)C)NC(=O)c1nccc(OC)c1OCOC(C)=O. The van der Waals surface area contributed by atoms with E-state index in [2.05, 4.69) is 24.1 Å². The van der Waals surface area contributed by atoms with Gasteiger partial charge in [-0.3, -0.25) is 9.59 Å². The molecule has 226 valence electrons. The Morgan fingerprint density at radius 3 is 2.24 bits per heavy atom. The number of methoxy groups -OCH3 is 1. The Kier molecular flexibility index (Phi) is 13.7. The first-order valence-corrected chi connectivity index (χ1v) is 14.1. The topological polar surface area (TPSA) is 122 Å². The number of rotatable bonds is 16. The maximum absolute atomic E-state index is 13.5. The van der Waals surface area contributed by atoms with Gasteiger partial charge in [0.15, 0.2) is 17.2 Å². The number of esters is 2. The fraction of sp³-hybridized carbons (Fsp3) is 0.533. The average Bonchev–Trinajstić information content (AvgIpc) is 2.93. The van der Waals surface area contributed by atoms with Gasteiger partial charge in [0.1, 0.15) is 24.0 Å². The van der Waals surface area contributed by atoms with E-state index in [0.29, 0.717) is 17.2 Å². The Labute approximate surface area is 247 Å². The summed E-state index contributed by atoms with van der Waals surface area (Å²) in [5, 5.41) is 3.33. The van der Waals surface area contributed by atoms with Crippen LogP contribution in [0.15, 0.2) is 36.5 Å². The molecule has 1 amide bonds. The molecule has 0 aliphatic rings. The monoisotopic (exact) mass is 592 g/mol. The van der Waals surface area contributed by atoms with Crippen LogP contribution >= 0.6 is 11.6 Å². The fourth-order valence-corrected chi connectivity index (χ4v) is 4.43. The van der Waals surface area contributed by atoms with Crippen molar-refractivity contribution in [2.75, 3.05) is 13.9 Å². The van der Waals surface area contributed by atoms with Crippen LogP contribution in [0.3, 0.4) is 0 Å². The van der Waals surface area contributed by atoms with Gasteiger partial charge in [0.2, 0.25) is 6.79 Å². The van der Waals surface area contributed by atoms with Gasteiger partial charge in [-0.1, -0.05) is 39.3 Å². The van der Waals surface area contributed by atoms with Crippen LogP contribution in [0.4, 0.5) is 0 Å². The molecule has 1 heterocycles. The minimum absolute atomic E-state index is 0.0241. The summed E-state index contributed by atoms with van der Waals surface area (Å²) in [5.41, 5.74) is -0.132. The quantitative estimate of drug-likeness (QED) is 0.196. The molecule has 41 heavy (non-hydrogen) atoms. The van der Waals surface area contributed by atoms with E-state index < -0.39 is 42.9 Å². The molecule has 1 N–H and O–H groups in total. The lowest BCUT2D eigenvalue weighted by Crippen LogP contribution is -2.47. The Morgan fingerprint density at radius 1 is 1.02 bits per heavy atom. The van der Waals surface area contributed by atoms with E-state index in [9.17, 15) is 14.4 Å². The highest BCUT2D eigenvalue weighted by atomic mass is 35.5. The van der Waals surface area contributed by atoms with Gasteiger partial charge in [-0.2, -0.15) is 0 Å². The third-order valence-electron chi connectivity index (χ3n) is 6.43. The first-order chi connectivity index (χ1) is 19.5. The summed E-state index contributed by atoms with van der Waals surface area (Å²) in [5.74, 6) is -0.853. The van der Waals surface area contributed by atoms with E-state index >= 15 is 0 Å². The Hall–Kier alpha value is -3.53. The van der Waals surface area contributed by atoms with Crippen LogP contribution in [0.5, 0.6) is 17.2 Å². The molecule has 1 aromatic heterocycles. The van der Waals surface area contributed by atoms with Gasteiger partial charge in [-0.05, 0) is 62.3 Å². The molecule has 2 rings (SSSR count). The van der Waals surface area contributed by atoms with Crippen molar-refractivity contribution in [1.82, 2.24) is 10.3 Å². The Balaban J connectivity index is 2.26. The van der Waals surface area contributed by atoms with E-state index in [1.165, 1.54) is 26.3 Å². The highest BCUT2D eigenvalue weighted by Crippen LogP contribution is 2.30. The molecule has 0 radical (unpaired) electrons. The van der Waals surface area contributed by atoms with Crippen molar-refractivity contribution in [1.29, 1.82) is 0 Å². The van der Waals surface area contributed by atoms with Gasteiger partial charge in [0.25, 0.3) is 5.91 Å². The summed E-state index contributed by atoms with van der Waals surface area (Å²) in [4.78, 5) is 42.1. The molecule has 0 fully saturated rings. The van der Waals surface area contributed by atoms with Gasteiger partial charge >= 0.3 is 11.9 Å². The zero-order chi connectivity index (χ0) is 30.5. The number of pyridine rings is 1. The Morgan fingerprint density at radius 2 is 1.68 bits per heavy atom. The lowest BCUT2D eigenvalue weighted by Gasteiger charge is -2.32. The lowest BCUT2D eigenvalue weighted by atomic mass is 9.93. The molecule has 0 saturated carbocycles. The maximum atomic E-state index is 13.5. The van der Waals surface area contributed by atoms with E-state index in [1.807, 2.05) is 13.8 Å². The second-order valence-corrected chi connectivity index (χ2v) is 10.4. The van der Waals surface area contributed by atoms with E-state index in [0.717, 1.165) is 12.8 Å². The predicted molar refractivity (Wildman–Crippen MR) is 154 cm³/mol. The first-order valence-electron chi connectivity index (χ1n) is 13.7. The highest BCUT2D eigenvalue weighted by molar-refractivity contribution is 6.30. The third kappa shape index (κ3) is 10.4. The molecule has 0 aliphatic carbocycles. The zero-order valence-corrected chi connectivity index (χ0v) is 25.5. The van der Waals surface area contributed by atoms with Crippen molar-refractivity contribution in [2.45, 2.75) is 79.1 Å². The van der Waals surface area contributed by atoms with E-state index in [-0.39, 0.29) is 29.0 Å². The van der Waals surface area contributed by atoms with Crippen molar-refractivity contribution in [3.8, 4) is 17.2 Å². The number of halogens is 1. The molecular formula is C30H41ClN2O8.